The second kappa shape index (κ2) is 9.71. The number of nitrogens with zero attached hydrogens (tertiary/aromatic N) is 3. The van der Waals surface area contributed by atoms with Gasteiger partial charge in [0.2, 0.25) is 0 Å². The van der Waals surface area contributed by atoms with Crippen molar-refractivity contribution in [3.05, 3.63) is 76.0 Å². The Labute approximate surface area is 188 Å². The lowest BCUT2D eigenvalue weighted by atomic mass is 10.1. The Bertz CT molecular complexity index is 1020. The SMILES string of the molecule is Cc1nn(Cc2ccccc2Cl)c(C)c1C(=O)NCC(c1ccco1)N1CCCCC1. The van der Waals surface area contributed by atoms with E-state index in [0.29, 0.717) is 23.7 Å². The molecule has 3 aromatic rings. The Morgan fingerprint density at radius 2 is 1.94 bits per heavy atom. The summed E-state index contributed by atoms with van der Waals surface area (Å²) >= 11 is 6.31. The van der Waals surface area contributed by atoms with Crippen LogP contribution in [0.2, 0.25) is 5.02 Å². The molecule has 31 heavy (non-hydrogen) atoms. The predicted molar refractivity (Wildman–Crippen MR) is 121 cm³/mol. The molecular weight excluding hydrogens is 412 g/mol. The van der Waals surface area contributed by atoms with Crippen molar-refractivity contribution in [2.24, 2.45) is 0 Å². The first kappa shape index (κ1) is 21.7. The lowest BCUT2D eigenvalue weighted by molar-refractivity contribution is 0.0913. The number of carbonyl (C=O) groups is 1. The minimum atomic E-state index is -0.103. The maximum absolute atomic E-state index is 13.1. The van der Waals surface area contributed by atoms with E-state index in [9.17, 15) is 4.79 Å². The van der Waals surface area contributed by atoms with Crippen molar-refractivity contribution in [1.82, 2.24) is 20.0 Å². The first-order valence-electron chi connectivity index (χ1n) is 10.9. The van der Waals surface area contributed by atoms with Gasteiger partial charge in [-0.3, -0.25) is 14.4 Å². The number of amides is 1. The van der Waals surface area contributed by atoms with Crippen molar-refractivity contribution in [2.45, 2.75) is 45.7 Å². The van der Waals surface area contributed by atoms with Gasteiger partial charge in [0.05, 0.1) is 30.1 Å². The number of likely N-dealkylation sites (tertiary alicyclic amines) is 1. The van der Waals surface area contributed by atoms with Crippen molar-refractivity contribution in [3.63, 3.8) is 0 Å². The van der Waals surface area contributed by atoms with Crippen LogP contribution in [0.3, 0.4) is 0 Å². The third-order valence-corrected chi connectivity index (χ3v) is 6.41. The van der Waals surface area contributed by atoms with Gasteiger partial charge < -0.3 is 9.73 Å². The molecule has 3 heterocycles. The average Bonchev–Trinajstić information content (AvgIpc) is 3.39. The second-order valence-corrected chi connectivity index (χ2v) is 8.54. The van der Waals surface area contributed by atoms with Crippen molar-refractivity contribution >= 4 is 17.5 Å². The zero-order valence-electron chi connectivity index (χ0n) is 18.1. The van der Waals surface area contributed by atoms with Gasteiger partial charge in [-0.05, 0) is 63.5 Å². The summed E-state index contributed by atoms with van der Waals surface area (Å²) in [4.78, 5) is 15.5. The lowest BCUT2D eigenvalue weighted by Gasteiger charge is -2.33. The van der Waals surface area contributed by atoms with Crippen LogP contribution in [-0.4, -0.2) is 40.2 Å². The summed E-state index contributed by atoms with van der Waals surface area (Å²) in [6, 6.07) is 11.6. The molecule has 1 amide bonds. The van der Waals surface area contributed by atoms with Gasteiger partial charge in [0.15, 0.2) is 0 Å². The van der Waals surface area contributed by atoms with Crippen LogP contribution in [0.15, 0.2) is 47.1 Å². The molecule has 1 aliphatic heterocycles. The minimum absolute atomic E-state index is 0.0398. The molecule has 6 nitrogen and oxygen atoms in total. The summed E-state index contributed by atoms with van der Waals surface area (Å²) in [5, 5.41) is 8.44. The van der Waals surface area contributed by atoms with Crippen LogP contribution in [0.1, 0.15) is 58.4 Å². The second-order valence-electron chi connectivity index (χ2n) is 8.13. The third kappa shape index (κ3) is 4.86. The largest absolute Gasteiger partial charge is 0.468 e. The van der Waals surface area contributed by atoms with E-state index in [2.05, 4.69) is 15.3 Å². The number of hydrogen-bond acceptors (Lipinski definition) is 4. The van der Waals surface area contributed by atoms with E-state index >= 15 is 0 Å². The molecule has 0 spiro atoms. The Morgan fingerprint density at radius 1 is 1.16 bits per heavy atom. The summed E-state index contributed by atoms with van der Waals surface area (Å²) in [6.07, 6.45) is 5.31. The van der Waals surface area contributed by atoms with Crippen LogP contribution < -0.4 is 5.32 Å². The molecule has 0 bridgehead atoms. The molecule has 1 aliphatic rings. The highest BCUT2D eigenvalue weighted by molar-refractivity contribution is 6.31. The number of carbonyl (C=O) groups excluding carboxylic acids is 1. The molecule has 1 saturated heterocycles. The van der Waals surface area contributed by atoms with Gasteiger partial charge in [-0.25, -0.2) is 0 Å². The summed E-state index contributed by atoms with van der Waals surface area (Å²) < 4.78 is 7.54. The molecule has 1 N–H and O–H groups in total. The van der Waals surface area contributed by atoms with E-state index in [0.717, 1.165) is 35.8 Å². The number of halogens is 1. The van der Waals surface area contributed by atoms with Crippen molar-refractivity contribution < 1.29 is 9.21 Å². The number of hydrogen-bond donors (Lipinski definition) is 1. The van der Waals surface area contributed by atoms with Gasteiger partial charge in [0, 0.05) is 17.3 Å². The smallest absolute Gasteiger partial charge is 0.255 e. The minimum Gasteiger partial charge on any atom is -0.468 e. The topological polar surface area (TPSA) is 63.3 Å². The zero-order chi connectivity index (χ0) is 21.8. The fraction of sp³-hybridized carbons (Fsp3) is 0.417. The molecule has 1 atom stereocenters. The number of benzene rings is 1. The van der Waals surface area contributed by atoms with Gasteiger partial charge in [0.25, 0.3) is 5.91 Å². The van der Waals surface area contributed by atoms with E-state index in [1.165, 1.54) is 19.3 Å². The fourth-order valence-corrected chi connectivity index (χ4v) is 4.56. The summed E-state index contributed by atoms with van der Waals surface area (Å²) in [7, 11) is 0. The predicted octanol–water partition coefficient (Wildman–Crippen LogP) is 4.75. The Kier molecular flexibility index (Phi) is 6.78. The molecule has 0 saturated carbocycles. The average molecular weight is 441 g/mol. The molecular formula is C24H29ClN4O2. The molecule has 7 heteroatoms. The van der Waals surface area contributed by atoms with E-state index in [1.807, 2.05) is 54.9 Å². The van der Waals surface area contributed by atoms with E-state index in [-0.39, 0.29) is 11.9 Å². The summed E-state index contributed by atoms with van der Waals surface area (Å²) in [5.41, 5.74) is 3.16. The highest BCUT2D eigenvalue weighted by Gasteiger charge is 2.26. The summed E-state index contributed by atoms with van der Waals surface area (Å²) in [5.74, 6) is 0.791. The molecule has 164 valence electrons. The van der Waals surface area contributed by atoms with Crippen molar-refractivity contribution in [3.8, 4) is 0 Å². The van der Waals surface area contributed by atoms with Crippen LogP contribution in [0, 0.1) is 13.8 Å². The first-order chi connectivity index (χ1) is 15.0. The molecule has 4 rings (SSSR count). The van der Waals surface area contributed by atoms with Crippen LogP contribution in [0.5, 0.6) is 0 Å². The van der Waals surface area contributed by atoms with Crippen LogP contribution >= 0.6 is 11.6 Å². The van der Waals surface area contributed by atoms with Crippen molar-refractivity contribution in [1.29, 1.82) is 0 Å². The molecule has 1 aromatic carbocycles. The van der Waals surface area contributed by atoms with Crippen molar-refractivity contribution in [2.75, 3.05) is 19.6 Å². The normalized spacial score (nSPS) is 15.7. The van der Waals surface area contributed by atoms with Gasteiger partial charge >= 0.3 is 0 Å². The van der Waals surface area contributed by atoms with Gasteiger partial charge in [-0.2, -0.15) is 5.10 Å². The first-order valence-corrected chi connectivity index (χ1v) is 11.3. The maximum Gasteiger partial charge on any atom is 0.255 e. The van der Waals surface area contributed by atoms with E-state index in [1.54, 1.807) is 6.26 Å². The number of rotatable bonds is 7. The number of nitrogens with one attached hydrogen (secondary N) is 1. The van der Waals surface area contributed by atoms with Gasteiger partial charge in [-0.15, -0.1) is 0 Å². The monoisotopic (exact) mass is 440 g/mol. The lowest BCUT2D eigenvalue weighted by Crippen LogP contribution is -2.40. The molecule has 0 radical (unpaired) electrons. The van der Waals surface area contributed by atoms with Crippen LogP contribution in [0.4, 0.5) is 0 Å². The number of aryl methyl sites for hydroxylation is 1. The Morgan fingerprint density at radius 3 is 2.65 bits per heavy atom. The van der Waals surface area contributed by atoms with E-state index < -0.39 is 0 Å². The fourth-order valence-electron chi connectivity index (χ4n) is 4.37. The molecule has 0 aliphatic carbocycles. The van der Waals surface area contributed by atoms with Gasteiger partial charge in [-0.1, -0.05) is 36.2 Å². The highest BCUT2D eigenvalue weighted by atomic mass is 35.5. The standard InChI is InChI=1S/C24H29ClN4O2/c1-17-23(18(2)29(27-17)16-19-9-4-5-10-20(19)25)24(30)26-15-21(22-11-8-14-31-22)28-12-6-3-7-13-28/h4-5,8-11,14,21H,3,6-7,12-13,15-16H2,1-2H3,(H,26,30). The van der Waals surface area contributed by atoms with Gasteiger partial charge in [0.1, 0.15) is 5.76 Å². The van der Waals surface area contributed by atoms with Crippen LogP contribution in [-0.2, 0) is 6.54 Å². The Balaban J connectivity index is 1.49. The molecule has 1 unspecified atom stereocenters. The quantitative estimate of drug-likeness (QED) is 0.575. The highest BCUT2D eigenvalue weighted by Crippen LogP contribution is 2.25. The Hall–Kier alpha value is -2.57. The zero-order valence-corrected chi connectivity index (χ0v) is 18.9. The summed E-state index contributed by atoms with van der Waals surface area (Å²) in [6.45, 7) is 6.88. The number of furan rings is 1. The van der Waals surface area contributed by atoms with Crippen LogP contribution in [0.25, 0.3) is 0 Å². The number of aromatic nitrogens is 2. The maximum atomic E-state index is 13.1. The molecule has 1 fully saturated rings. The number of piperidine rings is 1. The molecule has 2 aromatic heterocycles. The van der Waals surface area contributed by atoms with E-state index in [4.69, 9.17) is 16.0 Å². The third-order valence-electron chi connectivity index (χ3n) is 6.05.